The lowest BCUT2D eigenvalue weighted by Crippen LogP contribution is -2.28. The van der Waals surface area contributed by atoms with Crippen LogP contribution in [0, 0.1) is 0 Å². The lowest BCUT2D eigenvalue weighted by molar-refractivity contribution is -0.119. The number of anilines is 1. The van der Waals surface area contributed by atoms with Crippen molar-refractivity contribution in [2.45, 2.75) is 12.5 Å². The van der Waals surface area contributed by atoms with Crippen molar-refractivity contribution in [2.75, 3.05) is 5.32 Å². The average Bonchev–Trinajstić information content (AvgIpc) is 3.10. The first-order valence-corrected chi connectivity index (χ1v) is 7.29. The fraction of sp³-hybridized carbons (Fsp3) is 0.133. The molecule has 0 radical (unpaired) electrons. The van der Waals surface area contributed by atoms with Gasteiger partial charge < -0.3 is 5.32 Å². The Morgan fingerprint density at radius 2 is 2.04 bits per heavy atom. The molecule has 116 valence electrons. The lowest BCUT2D eigenvalue weighted by Gasteiger charge is -2.16. The summed E-state index contributed by atoms with van der Waals surface area (Å²) in [5.74, 6) is 0.168. The number of tetrazole rings is 1. The van der Waals surface area contributed by atoms with Gasteiger partial charge in [0.25, 0.3) is 5.91 Å². The maximum absolute atomic E-state index is 12.6. The molecule has 23 heavy (non-hydrogen) atoms. The van der Waals surface area contributed by atoms with Gasteiger partial charge in [-0.1, -0.05) is 41.9 Å². The largest absolute Gasteiger partial charge is 0.309 e. The summed E-state index contributed by atoms with van der Waals surface area (Å²) in [6, 6.07) is 12.4. The van der Waals surface area contributed by atoms with E-state index in [-0.39, 0.29) is 5.91 Å². The number of hydrogen-bond acceptors (Lipinski definition) is 5. The van der Waals surface area contributed by atoms with Crippen molar-refractivity contribution in [3.63, 3.8) is 0 Å². The van der Waals surface area contributed by atoms with Gasteiger partial charge in [0, 0.05) is 12.6 Å². The summed E-state index contributed by atoms with van der Waals surface area (Å²) in [5, 5.41) is 14.3. The summed E-state index contributed by atoms with van der Waals surface area (Å²) in [6.07, 6.45) is 3.36. The molecule has 1 aromatic carbocycles. The first kappa shape index (κ1) is 15.1. The van der Waals surface area contributed by atoms with Crippen molar-refractivity contribution >= 4 is 23.3 Å². The van der Waals surface area contributed by atoms with Crippen molar-refractivity contribution in [1.82, 2.24) is 25.2 Å². The first-order chi connectivity index (χ1) is 11.2. The van der Waals surface area contributed by atoms with E-state index in [2.05, 4.69) is 25.8 Å². The number of rotatable bonds is 5. The Morgan fingerprint density at radius 1 is 1.22 bits per heavy atom. The number of aromatic nitrogens is 5. The van der Waals surface area contributed by atoms with Crippen LogP contribution in [0.25, 0.3) is 0 Å². The molecule has 8 heteroatoms. The third kappa shape index (κ3) is 3.89. The van der Waals surface area contributed by atoms with Crippen LogP contribution in [0.1, 0.15) is 11.6 Å². The minimum atomic E-state index is -0.579. The molecule has 0 aliphatic rings. The predicted octanol–water partition coefficient (Wildman–Crippen LogP) is 2.14. The van der Waals surface area contributed by atoms with Crippen LogP contribution in [0.5, 0.6) is 0 Å². The van der Waals surface area contributed by atoms with Gasteiger partial charge >= 0.3 is 0 Å². The molecule has 1 amide bonds. The van der Waals surface area contributed by atoms with E-state index in [9.17, 15) is 4.79 Å². The zero-order valence-corrected chi connectivity index (χ0v) is 12.8. The molecule has 0 aliphatic carbocycles. The van der Waals surface area contributed by atoms with Gasteiger partial charge in [0.1, 0.15) is 18.2 Å². The number of hydrogen-bond donors (Lipinski definition) is 1. The molecule has 2 heterocycles. The predicted molar refractivity (Wildman–Crippen MR) is 84.9 cm³/mol. The van der Waals surface area contributed by atoms with Crippen molar-refractivity contribution in [2.24, 2.45) is 0 Å². The number of carbonyl (C=O) groups excluding carboxylic acids is 1. The van der Waals surface area contributed by atoms with E-state index in [4.69, 9.17) is 11.6 Å². The standard InChI is InChI=1S/C15H13ClN6O/c16-12-6-7-14(17-9-12)19-15(23)13(22-10-18-20-21-22)8-11-4-2-1-3-5-11/h1-7,9-10,13H,8H2,(H,17,19,23)/t13-/m1/s1. The van der Waals surface area contributed by atoms with E-state index >= 15 is 0 Å². The fourth-order valence-electron chi connectivity index (χ4n) is 2.11. The van der Waals surface area contributed by atoms with Crippen LogP contribution in [-0.2, 0) is 11.2 Å². The smallest absolute Gasteiger partial charge is 0.250 e. The van der Waals surface area contributed by atoms with Gasteiger partial charge in [-0.05, 0) is 28.1 Å². The van der Waals surface area contributed by atoms with Gasteiger partial charge in [0.2, 0.25) is 0 Å². The van der Waals surface area contributed by atoms with Crippen LogP contribution in [0.2, 0.25) is 5.02 Å². The number of nitrogens with one attached hydrogen (secondary N) is 1. The molecule has 3 rings (SSSR count). The number of halogens is 1. The van der Waals surface area contributed by atoms with Crippen LogP contribution in [0.15, 0.2) is 55.0 Å². The topological polar surface area (TPSA) is 85.6 Å². The van der Waals surface area contributed by atoms with E-state index in [1.807, 2.05) is 30.3 Å². The monoisotopic (exact) mass is 328 g/mol. The molecular formula is C15H13ClN6O. The molecule has 0 saturated heterocycles. The van der Waals surface area contributed by atoms with Gasteiger partial charge in [-0.3, -0.25) is 4.79 Å². The van der Waals surface area contributed by atoms with Crippen LogP contribution >= 0.6 is 11.6 Å². The lowest BCUT2D eigenvalue weighted by atomic mass is 10.1. The molecule has 1 N–H and O–H groups in total. The number of nitrogens with zero attached hydrogens (tertiary/aromatic N) is 5. The number of amides is 1. The van der Waals surface area contributed by atoms with Crippen molar-refractivity contribution in [1.29, 1.82) is 0 Å². The summed E-state index contributed by atoms with van der Waals surface area (Å²) in [5.41, 5.74) is 1.01. The van der Waals surface area contributed by atoms with Crippen LogP contribution in [-0.4, -0.2) is 31.1 Å². The highest BCUT2D eigenvalue weighted by Crippen LogP contribution is 2.16. The summed E-state index contributed by atoms with van der Waals surface area (Å²) in [6.45, 7) is 0. The second kappa shape index (κ2) is 6.97. The van der Waals surface area contributed by atoms with Crippen LogP contribution in [0.4, 0.5) is 5.82 Å². The normalized spacial score (nSPS) is 11.9. The second-order valence-electron chi connectivity index (χ2n) is 4.85. The third-order valence-corrected chi connectivity index (χ3v) is 3.46. The average molecular weight is 329 g/mol. The highest BCUT2D eigenvalue weighted by Gasteiger charge is 2.22. The van der Waals surface area contributed by atoms with E-state index in [1.165, 1.54) is 17.2 Å². The Kier molecular flexibility index (Phi) is 4.58. The van der Waals surface area contributed by atoms with Gasteiger partial charge in [-0.2, -0.15) is 0 Å². The third-order valence-electron chi connectivity index (χ3n) is 3.24. The molecule has 7 nitrogen and oxygen atoms in total. The SMILES string of the molecule is O=C(Nc1ccc(Cl)cn1)[C@@H](Cc1ccccc1)n1cnnn1. The Bertz CT molecular complexity index is 760. The number of pyridine rings is 1. The molecule has 0 fully saturated rings. The first-order valence-electron chi connectivity index (χ1n) is 6.91. The Hall–Kier alpha value is -2.80. The molecule has 0 spiro atoms. The molecule has 0 saturated carbocycles. The maximum Gasteiger partial charge on any atom is 0.250 e. The molecule has 1 atom stereocenters. The summed E-state index contributed by atoms with van der Waals surface area (Å²) < 4.78 is 1.43. The number of benzene rings is 1. The maximum atomic E-state index is 12.6. The zero-order chi connectivity index (χ0) is 16.1. The van der Waals surface area contributed by atoms with E-state index < -0.39 is 6.04 Å². The molecule has 0 aliphatic heterocycles. The highest BCUT2D eigenvalue weighted by atomic mass is 35.5. The highest BCUT2D eigenvalue weighted by molar-refractivity contribution is 6.30. The second-order valence-corrected chi connectivity index (χ2v) is 5.28. The number of carbonyl (C=O) groups is 1. The Labute approximate surface area is 137 Å². The van der Waals surface area contributed by atoms with E-state index in [0.29, 0.717) is 17.3 Å². The van der Waals surface area contributed by atoms with Crippen molar-refractivity contribution in [3.8, 4) is 0 Å². The van der Waals surface area contributed by atoms with Gasteiger partial charge in [0.15, 0.2) is 0 Å². The van der Waals surface area contributed by atoms with Gasteiger partial charge in [-0.15, -0.1) is 5.10 Å². The molecule has 2 aromatic heterocycles. The van der Waals surface area contributed by atoms with Crippen molar-refractivity contribution < 1.29 is 4.79 Å². The molecule has 0 bridgehead atoms. The van der Waals surface area contributed by atoms with Crippen LogP contribution in [0.3, 0.4) is 0 Å². The molecule has 0 unspecified atom stereocenters. The molecule has 3 aromatic rings. The Balaban J connectivity index is 1.80. The molecular weight excluding hydrogens is 316 g/mol. The zero-order valence-electron chi connectivity index (χ0n) is 12.0. The van der Waals surface area contributed by atoms with Crippen molar-refractivity contribution in [3.05, 3.63) is 65.6 Å². The summed E-state index contributed by atoms with van der Waals surface area (Å²) in [4.78, 5) is 16.7. The van der Waals surface area contributed by atoms with Gasteiger partial charge in [0.05, 0.1) is 5.02 Å². The van der Waals surface area contributed by atoms with E-state index in [0.717, 1.165) is 5.56 Å². The Morgan fingerprint density at radius 3 is 2.70 bits per heavy atom. The van der Waals surface area contributed by atoms with Gasteiger partial charge in [-0.25, -0.2) is 9.67 Å². The summed E-state index contributed by atoms with van der Waals surface area (Å²) >= 11 is 5.79. The summed E-state index contributed by atoms with van der Waals surface area (Å²) in [7, 11) is 0. The van der Waals surface area contributed by atoms with Crippen LogP contribution < -0.4 is 5.32 Å². The minimum Gasteiger partial charge on any atom is -0.309 e. The van der Waals surface area contributed by atoms with E-state index in [1.54, 1.807) is 12.1 Å². The minimum absolute atomic E-state index is 0.254. The quantitative estimate of drug-likeness (QED) is 0.775. The fourth-order valence-corrected chi connectivity index (χ4v) is 2.23.